The summed E-state index contributed by atoms with van der Waals surface area (Å²) in [6.45, 7) is 1.75. The van der Waals surface area contributed by atoms with Gasteiger partial charge in [0.2, 0.25) is 0 Å². The van der Waals surface area contributed by atoms with Crippen LogP contribution in [0.15, 0.2) is 36.4 Å². The molecule has 0 aliphatic carbocycles. The van der Waals surface area contributed by atoms with Crippen LogP contribution in [0, 0.1) is 12.7 Å². The molecule has 2 rings (SSSR count). The number of carbonyl (C=O) groups excluding carboxylic acids is 1. The van der Waals surface area contributed by atoms with E-state index in [0.29, 0.717) is 10.6 Å². The standard InChI is InChI=1S/C15H11ClFNO3/c1-8-6-9(2-4-11(8)16)14(19)18-13-5-3-10(15(20)21)7-12(13)17/h2-7H,1H3,(H,18,19)(H,20,21). The predicted octanol–water partition coefficient (Wildman–Crippen LogP) is 3.74. The van der Waals surface area contributed by atoms with Crippen LogP contribution in [0.25, 0.3) is 0 Å². The van der Waals surface area contributed by atoms with Crippen LogP contribution in [-0.2, 0) is 0 Å². The molecule has 0 heterocycles. The van der Waals surface area contributed by atoms with Gasteiger partial charge in [0.25, 0.3) is 5.91 Å². The van der Waals surface area contributed by atoms with Crippen molar-refractivity contribution in [2.45, 2.75) is 6.92 Å². The highest BCUT2D eigenvalue weighted by atomic mass is 35.5. The van der Waals surface area contributed by atoms with Gasteiger partial charge >= 0.3 is 5.97 Å². The number of hydrogen-bond donors (Lipinski definition) is 2. The lowest BCUT2D eigenvalue weighted by molar-refractivity contribution is 0.0696. The fourth-order valence-corrected chi connectivity index (χ4v) is 1.85. The van der Waals surface area contributed by atoms with E-state index in [4.69, 9.17) is 16.7 Å². The van der Waals surface area contributed by atoms with Gasteiger partial charge in [0.1, 0.15) is 5.82 Å². The largest absolute Gasteiger partial charge is 0.478 e. The maximum absolute atomic E-state index is 13.7. The first-order valence-corrected chi connectivity index (χ1v) is 6.36. The van der Waals surface area contributed by atoms with E-state index in [1.807, 2.05) is 0 Å². The number of benzene rings is 2. The third-order valence-electron chi connectivity index (χ3n) is 2.88. The summed E-state index contributed by atoms with van der Waals surface area (Å²) in [6.07, 6.45) is 0. The molecular weight excluding hydrogens is 297 g/mol. The Morgan fingerprint density at radius 2 is 1.81 bits per heavy atom. The van der Waals surface area contributed by atoms with Gasteiger partial charge in [-0.05, 0) is 48.9 Å². The smallest absolute Gasteiger partial charge is 0.335 e. The van der Waals surface area contributed by atoms with Crippen LogP contribution >= 0.6 is 11.6 Å². The molecule has 21 heavy (non-hydrogen) atoms. The number of anilines is 1. The van der Waals surface area contributed by atoms with E-state index in [1.54, 1.807) is 19.1 Å². The van der Waals surface area contributed by atoms with Crippen molar-refractivity contribution < 1.29 is 19.1 Å². The second-order valence-corrected chi connectivity index (χ2v) is 4.83. The molecule has 6 heteroatoms. The zero-order valence-corrected chi connectivity index (χ0v) is 11.7. The molecule has 0 radical (unpaired) electrons. The van der Waals surface area contributed by atoms with Crippen molar-refractivity contribution in [1.82, 2.24) is 0 Å². The average Bonchev–Trinajstić information content (AvgIpc) is 2.43. The molecule has 0 fully saturated rings. The number of carboxylic acids is 1. The first-order chi connectivity index (χ1) is 9.88. The minimum absolute atomic E-state index is 0.0856. The molecule has 2 aromatic rings. The van der Waals surface area contributed by atoms with Gasteiger partial charge in [-0.3, -0.25) is 4.79 Å². The van der Waals surface area contributed by atoms with Crippen molar-refractivity contribution in [3.8, 4) is 0 Å². The Morgan fingerprint density at radius 1 is 1.14 bits per heavy atom. The summed E-state index contributed by atoms with van der Waals surface area (Å²) in [7, 11) is 0. The maximum Gasteiger partial charge on any atom is 0.335 e. The number of aromatic carboxylic acids is 1. The van der Waals surface area contributed by atoms with Crippen LogP contribution < -0.4 is 5.32 Å². The first kappa shape index (κ1) is 15.0. The van der Waals surface area contributed by atoms with Crippen molar-refractivity contribution in [2.75, 3.05) is 5.32 Å². The third kappa shape index (κ3) is 3.38. The topological polar surface area (TPSA) is 66.4 Å². The van der Waals surface area contributed by atoms with Crippen LogP contribution in [0.4, 0.5) is 10.1 Å². The van der Waals surface area contributed by atoms with Crippen molar-refractivity contribution in [2.24, 2.45) is 0 Å². The van der Waals surface area contributed by atoms with Crippen LogP contribution in [0.2, 0.25) is 5.02 Å². The van der Waals surface area contributed by atoms with Gasteiger partial charge in [0.05, 0.1) is 11.3 Å². The number of carboxylic acid groups (broad SMARTS) is 1. The summed E-state index contributed by atoms with van der Waals surface area (Å²) in [5, 5.41) is 11.7. The second-order valence-electron chi connectivity index (χ2n) is 4.42. The van der Waals surface area contributed by atoms with E-state index < -0.39 is 17.7 Å². The molecule has 0 aromatic heterocycles. The fraction of sp³-hybridized carbons (Fsp3) is 0.0667. The predicted molar refractivity (Wildman–Crippen MR) is 77.5 cm³/mol. The van der Waals surface area contributed by atoms with Crippen molar-refractivity contribution in [3.63, 3.8) is 0 Å². The van der Waals surface area contributed by atoms with Gasteiger partial charge in [0.15, 0.2) is 0 Å². The van der Waals surface area contributed by atoms with Gasteiger partial charge in [0, 0.05) is 10.6 Å². The summed E-state index contributed by atoms with van der Waals surface area (Å²) < 4.78 is 13.7. The number of carbonyl (C=O) groups is 2. The van der Waals surface area contributed by atoms with E-state index in [0.717, 1.165) is 11.6 Å². The maximum atomic E-state index is 13.7. The molecular formula is C15H11ClFNO3. The summed E-state index contributed by atoms with van der Waals surface area (Å²) in [5.74, 6) is -2.55. The molecule has 0 saturated carbocycles. The summed E-state index contributed by atoms with van der Waals surface area (Å²) in [5.41, 5.74) is 0.787. The molecule has 0 unspecified atom stereocenters. The van der Waals surface area contributed by atoms with Crippen molar-refractivity contribution in [1.29, 1.82) is 0 Å². The Morgan fingerprint density at radius 3 is 2.38 bits per heavy atom. The Labute approximate surface area is 125 Å². The van der Waals surface area contributed by atoms with Gasteiger partial charge < -0.3 is 10.4 Å². The quantitative estimate of drug-likeness (QED) is 0.907. The molecule has 0 atom stereocenters. The van der Waals surface area contributed by atoms with E-state index in [2.05, 4.69) is 5.32 Å². The molecule has 0 saturated heterocycles. The first-order valence-electron chi connectivity index (χ1n) is 5.99. The summed E-state index contributed by atoms with van der Waals surface area (Å²) in [6, 6.07) is 7.96. The van der Waals surface area contributed by atoms with Gasteiger partial charge in [-0.2, -0.15) is 0 Å². The van der Waals surface area contributed by atoms with Gasteiger partial charge in [-0.25, -0.2) is 9.18 Å². The second kappa shape index (κ2) is 5.93. The lowest BCUT2D eigenvalue weighted by Crippen LogP contribution is -2.13. The minimum atomic E-state index is -1.24. The average molecular weight is 308 g/mol. The van der Waals surface area contributed by atoms with Crippen LogP contribution in [0.3, 0.4) is 0 Å². The number of halogens is 2. The van der Waals surface area contributed by atoms with E-state index in [9.17, 15) is 14.0 Å². The molecule has 0 bridgehead atoms. The highest BCUT2D eigenvalue weighted by Gasteiger charge is 2.12. The summed E-state index contributed by atoms with van der Waals surface area (Å²) >= 11 is 5.87. The fourth-order valence-electron chi connectivity index (χ4n) is 1.73. The van der Waals surface area contributed by atoms with E-state index in [1.165, 1.54) is 18.2 Å². The lowest BCUT2D eigenvalue weighted by Gasteiger charge is -2.08. The highest BCUT2D eigenvalue weighted by Crippen LogP contribution is 2.19. The molecule has 0 aliphatic rings. The lowest BCUT2D eigenvalue weighted by atomic mass is 10.1. The zero-order valence-electron chi connectivity index (χ0n) is 11.0. The Bertz CT molecular complexity index is 731. The molecule has 2 N–H and O–H groups in total. The number of hydrogen-bond acceptors (Lipinski definition) is 2. The normalized spacial score (nSPS) is 10.2. The van der Waals surface area contributed by atoms with Crippen LogP contribution in [0.5, 0.6) is 0 Å². The number of aryl methyl sites for hydroxylation is 1. The van der Waals surface area contributed by atoms with Crippen molar-refractivity contribution >= 4 is 29.2 Å². The monoisotopic (exact) mass is 307 g/mol. The molecule has 1 amide bonds. The minimum Gasteiger partial charge on any atom is -0.478 e. The molecule has 0 spiro atoms. The number of rotatable bonds is 3. The third-order valence-corrected chi connectivity index (χ3v) is 3.31. The Balaban J connectivity index is 2.23. The molecule has 108 valence electrons. The van der Waals surface area contributed by atoms with Crippen molar-refractivity contribution in [3.05, 3.63) is 63.9 Å². The highest BCUT2D eigenvalue weighted by molar-refractivity contribution is 6.31. The SMILES string of the molecule is Cc1cc(C(=O)Nc2ccc(C(=O)O)cc2F)ccc1Cl. The van der Waals surface area contributed by atoms with E-state index >= 15 is 0 Å². The van der Waals surface area contributed by atoms with Crippen LogP contribution in [0.1, 0.15) is 26.3 Å². The Kier molecular flexibility index (Phi) is 4.23. The van der Waals surface area contributed by atoms with Crippen LogP contribution in [-0.4, -0.2) is 17.0 Å². The molecule has 2 aromatic carbocycles. The summed E-state index contributed by atoms with van der Waals surface area (Å²) in [4.78, 5) is 22.7. The number of nitrogens with one attached hydrogen (secondary N) is 1. The zero-order chi connectivity index (χ0) is 15.6. The Hall–Kier alpha value is -2.40. The molecule has 0 aliphatic heterocycles. The van der Waals surface area contributed by atoms with Gasteiger partial charge in [-0.15, -0.1) is 0 Å². The van der Waals surface area contributed by atoms with E-state index in [-0.39, 0.29) is 11.3 Å². The number of amides is 1. The van der Waals surface area contributed by atoms with Gasteiger partial charge in [-0.1, -0.05) is 11.6 Å². The molecule has 4 nitrogen and oxygen atoms in total.